The summed E-state index contributed by atoms with van der Waals surface area (Å²) in [5.41, 5.74) is 1.12. The van der Waals surface area contributed by atoms with Crippen molar-refractivity contribution < 1.29 is 27.5 Å². The molecule has 35 heavy (non-hydrogen) atoms. The second kappa shape index (κ2) is 11.4. The number of likely N-dealkylation sites (N-methyl/N-ethyl adjacent to an activating group) is 1. The lowest BCUT2D eigenvalue weighted by Crippen LogP contribution is -2.46. The summed E-state index contributed by atoms with van der Waals surface area (Å²) in [6, 6.07) is 9.12. The molecule has 1 unspecified atom stereocenters. The summed E-state index contributed by atoms with van der Waals surface area (Å²) >= 11 is 12.1. The molecule has 0 spiro atoms. The van der Waals surface area contributed by atoms with E-state index in [2.05, 4.69) is 5.32 Å². The van der Waals surface area contributed by atoms with Crippen molar-refractivity contribution in [3.05, 3.63) is 52.0 Å². The van der Waals surface area contributed by atoms with Crippen LogP contribution in [0.1, 0.15) is 25.3 Å². The monoisotopic (exact) mass is 543 g/mol. The highest BCUT2D eigenvalue weighted by atomic mass is 35.5. The molecular weight excluding hydrogens is 517 g/mol. The van der Waals surface area contributed by atoms with E-state index in [1.54, 1.807) is 43.3 Å². The normalized spacial score (nSPS) is 13.3. The Hall–Kier alpha value is -2.69. The quantitative estimate of drug-likeness (QED) is 0.492. The summed E-state index contributed by atoms with van der Waals surface area (Å²) in [6.45, 7) is 1.91. The molecule has 1 atom stereocenters. The van der Waals surface area contributed by atoms with Gasteiger partial charge in [0, 0.05) is 32.6 Å². The molecular formula is C23H27Cl2N3O6S. The Kier molecular flexibility index (Phi) is 8.74. The van der Waals surface area contributed by atoms with Crippen molar-refractivity contribution in [2.75, 3.05) is 30.9 Å². The summed E-state index contributed by atoms with van der Waals surface area (Å²) in [4.78, 5) is 26.9. The summed E-state index contributed by atoms with van der Waals surface area (Å²) in [5.74, 6) is 0.376. The van der Waals surface area contributed by atoms with Crippen LogP contribution in [0.4, 0.5) is 5.69 Å². The third kappa shape index (κ3) is 6.71. The average molecular weight is 544 g/mol. The van der Waals surface area contributed by atoms with Crippen molar-refractivity contribution >= 4 is 50.7 Å². The van der Waals surface area contributed by atoms with Crippen molar-refractivity contribution in [3.8, 4) is 11.5 Å². The first-order valence-corrected chi connectivity index (χ1v) is 13.4. The fourth-order valence-corrected chi connectivity index (χ4v) is 4.95. The van der Waals surface area contributed by atoms with E-state index in [4.69, 9.17) is 32.7 Å². The average Bonchev–Trinajstić information content (AvgIpc) is 3.28. The third-order valence-electron chi connectivity index (χ3n) is 5.55. The van der Waals surface area contributed by atoms with Gasteiger partial charge in [-0.05, 0) is 43.2 Å². The van der Waals surface area contributed by atoms with E-state index < -0.39 is 16.1 Å². The van der Waals surface area contributed by atoms with Gasteiger partial charge in [0.05, 0.1) is 22.0 Å². The Morgan fingerprint density at radius 1 is 1.09 bits per heavy atom. The molecule has 1 heterocycles. The van der Waals surface area contributed by atoms with Crippen LogP contribution in [-0.2, 0) is 26.2 Å². The van der Waals surface area contributed by atoms with Crippen LogP contribution in [0.3, 0.4) is 0 Å². The maximum Gasteiger partial charge on any atom is 0.242 e. The number of anilines is 1. The molecule has 0 saturated carbocycles. The number of benzene rings is 2. The topological polar surface area (TPSA) is 105 Å². The van der Waals surface area contributed by atoms with Gasteiger partial charge in [0.1, 0.15) is 6.04 Å². The maximum atomic E-state index is 13.2. The minimum Gasteiger partial charge on any atom is -0.454 e. The first-order valence-electron chi connectivity index (χ1n) is 10.8. The molecule has 0 saturated heterocycles. The van der Waals surface area contributed by atoms with Crippen LogP contribution >= 0.6 is 23.2 Å². The van der Waals surface area contributed by atoms with E-state index in [0.717, 1.165) is 6.26 Å². The second-order valence-corrected chi connectivity index (χ2v) is 10.8. The SMILES string of the molecule is CNC(=O)C(C)N(Cc1ccc(Cl)c(Cl)c1)C(=O)CCCN(c1ccc2c(c1)OCO2)S(C)(=O)=O. The molecule has 12 heteroatoms. The first kappa shape index (κ1) is 26.9. The van der Waals surface area contributed by atoms with Crippen LogP contribution in [0.25, 0.3) is 0 Å². The predicted octanol–water partition coefficient (Wildman–Crippen LogP) is 3.43. The van der Waals surface area contributed by atoms with Gasteiger partial charge >= 0.3 is 0 Å². The van der Waals surface area contributed by atoms with Crippen molar-refractivity contribution in [2.45, 2.75) is 32.4 Å². The van der Waals surface area contributed by atoms with E-state index in [1.807, 2.05) is 0 Å². The highest BCUT2D eigenvalue weighted by molar-refractivity contribution is 7.92. The Morgan fingerprint density at radius 3 is 2.46 bits per heavy atom. The van der Waals surface area contributed by atoms with Crippen molar-refractivity contribution in [2.24, 2.45) is 0 Å². The standard InChI is InChI=1S/C23H27Cl2N3O6S/c1-15(23(30)26-2)27(13-16-6-8-18(24)19(25)11-16)22(29)5-4-10-28(35(3,31)32)17-7-9-20-21(12-17)34-14-33-20/h6-9,11-12,15H,4-5,10,13-14H2,1-3H3,(H,26,30). The van der Waals surface area contributed by atoms with Gasteiger partial charge in [-0.25, -0.2) is 8.42 Å². The van der Waals surface area contributed by atoms with Crippen LogP contribution in [0.5, 0.6) is 11.5 Å². The Balaban J connectivity index is 1.73. The number of carbonyl (C=O) groups excluding carboxylic acids is 2. The van der Waals surface area contributed by atoms with E-state index in [1.165, 1.54) is 16.3 Å². The van der Waals surface area contributed by atoms with E-state index in [0.29, 0.717) is 32.8 Å². The van der Waals surface area contributed by atoms with Gasteiger partial charge in [-0.15, -0.1) is 0 Å². The molecule has 2 amide bonds. The largest absolute Gasteiger partial charge is 0.454 e. The van der Waals surface area contributed by atoms with Crippen LogP contribution < -0.4 is 19.1 Å². The number of hydrogen-bond donors (Lipinski definition) is 1. The van der Waals surface area contributed by atoms with E-state index >= 15 is 0 Å². The molecule has 9 nitrogen and oxygen atoms in total. The Morgan fingerprint density at radius 2 is 1.80 bits per heavy atom. The zero-order valence-electron chi connectivity index (χ0n) is 19.6. The Bertz CT molecular complexity index is 1210. The summed E-state index contributed by atoms with van der Waals surface area (Å²) < 4.78 is 36.8. The highest BCUT2D eigenvalue weighted by Gasteiger charge is 2.27. The number of halogens is 2. The lowest BCUT2D eigenvalue weighted by Gasteiger charge is -2.29. The number of fused-ring (bicyclic) bond motifs is 1. The van der Waals surface area contributed by atoms with Gasteiger partial charge in [0.2, 0.25) is 28.6 Å². The van der Waals surface area contributed by atoms with E-state index in [9.17, 15) is 18.0 Å². The Labute approximate surface area is 214 Å². The predicted molar refractivity (Wildman–Crippen MR) is 135 cm³/mol. The molecule has 1 N–H and O–H groups in total. The molecule has 0 aliphatic carbocycles. The molecule has 0 radical (unpaired) electrons. The number of nitrogens with one attached hydrogen (secondary N) is 1. The minimum atomic E-state index is -3.62. The zero-order chi connectivity index (χ0) is 25.8. The third-order valence-corrected chi connectivity index (χ3v) is 7.48. The number of carbonyl (C=O) groups is 2. The van der Waals surface area contributed by atoms with Gasteiger partial charge < -0.3 is 19.7 Å². The van der Waals surface area contributed by atoms with Gasteiger partial charge in [-0.1, -0.05) is 29.3 Å². The summed E-state index contributed by atoms with van der Waals surface area (Å²) in [5, 5.41) is 3.28. The second-order valence-electron chi connectivity index (χ2n) is 8.04. The van der Waals surface area contributed by atoms with Crippen molar-refractivity contribution in [1.29, 1.82) is 0 Å². The van der Waals surface area contributed by atoms with Crippen LogP contribution in [-0.4, -0.2) is 57.8 Å². The van der Waals surface area contributed by atoms with Gasteiger partial charge in [0.15, 0.2) is 11.5 Å². The first-order chi connectivity index (χ1) is 16.5. The maximum absolute atomic E-state index is 13.2. The molecule has 3 rings (SSSR count). The highest BCUT2D eigenvalue weighted by Crippen LogP contribution is 2.36. The lowest BCUT2D eigenvalue weighted by molar-refractivity contribution is -0.140. The van der Waals surface area contributed by atoms with Gasteiger partial charge in [-0.3, -0.25) is 13.9 Å². The molecule has 2 aromatic rings. The van der Waals surface area contributed by atoms with Crippen molar-refractivity contribution in [1.82, 2.24) is 10.2 Å². The number of amides is 2. The molecule has 0 bridgehead atoms. The zero-order valence-corrected chi connectivity index (χ0v) is 21.9. The van der Waals surface area contributed by atoms with Gasteiger partial charge in [-0.2, -0.15) is 0 Å². The number of ether oxygens (including phenoxy) is 2. The molecule has 2 aromatic carbocycles. The summed E-state index contributed by atoms with van der Waals surface area (Å²) in [7, 11) is -2.13. The van der Waals surface area contributed by atoms with Crippen LogP contribution in [0.15, 0.2) is 36.4 Å². The number of rotatable bonds is 10. The smallest absolute Gasteiger partial charge is 0.242 e. The molecule has 190 valence electrons. The fourth-order valence-electron chi connectivity index (χ4n) is 3.67. The fraction of sp³-hybridized carbons (Fsp3) is 0.391. The molecule has 0 fully saturated rings. The molecule has 0 aromatic heterocycles. The van der Waals surface area contributed by atoms with Crippen molar-refractivity contribution in [3.63, 3.8) is 0 Å². The molecule has 1 aliphatic heterocycles. The lowest BCUT2D eigenvalue weighted by atomic mass is 10.1. The number of hydrogen-bond acceptors (Lipinski definition) is 6. The van der Waals surface area contributed by atoms with E-state index in [-0.39, 0.29) is 44.5 Å². The summed E-state index contributed by atoms with van der Waals surface area (Å²) in [6.07, 6.45) is 1.36. The number of nitrogens with zero attached hydrogens (tertiary/aromatic N) is 2. The van der Waals surface area contributed by atoms with Crippen LogP contribution in [0.2, 0.25) is 10.0 Å². The minimum absolute atomic E-state index is 0.0270. The van der Waals surface area contributed by atoms with Gasteiger partial charge in [0.25, 0.3) is 0 Å². The molecule has 1 aliphatic rings. The number of sulfonamides is 1. The van der Waals surface area contributed by atoms with Crippen LogP contribution in [0, 0.1) is 0 Å².